The second-order valence-corrected chi connectivity index (χ2v) is 10.3. The molecular weight excluding hydrogens is 518 g/mol. The third kappa shape index (κ3) is 7.63. The lowest BCUT2D eigenvalue weighted by Gasteiger charge is -2.44. The third-order valence-electron chi connectivity index (χ3n) is 7.27. The molecule has 0 bridgehead atoms. The fraction of sp³-hybridized carbons (Fsp3) is 0.387. The van der Waals surface area contributed by atoms with Gasteiger partial charge in [0.2, 0.25) is 5.91 Å². The molecule has 0 saturated carbocycles. The van der Waals surface area contributed by atoms with Gasteiger partial charge in [-0.1, -0.05) is 30.3 Å². The first kappa shape index (κ1) is 28.2. The fourth-order valence-corrected chi connectivity index (χ4v) is 5.29. The molecule has 2 fully saturated rings. The second kappa shape index (κ2) is 13.3. The van der Waals surface area contributed by atoms with Gasteiger partial charge in [0.05, 0.1) is 37.9 Å². The molecule has 5 rings (SSSR count). The lowest BCUT2D eigenvalue weighted by Crippen LogP contribution is -2.55. The maximum Gasteiger partial charge on any atom is 0.222 e. The summed E-state index contributed by atoms with van der Waals surface area (Å²) in [6, 6.07) is 20.3. The average molecular weight is 553 g/mol. The van der Waals surface area contributed by atoms with Crippen LogP contribution in [0, 0.1) is 11.6 Å². The summed E-state index contributed by atoms with van der Waals surface area (Å²) in [5.74, 6) is 0.360. The maximum atomic E-state index is 14.4. The smallest absolute Gasteiger partial charge is 0.222 e. The minimum atomic E-state index is -0.750. The molecule has 0 radical (unpaired) electrons. The Morgan fingerprint density at radius 1 is 1.00 bits per heavy atom. The summed E-state index contributed by atoms with van der Waals surface area (Å²) in [6.07, 6.45) is 0.118. The molecule has 0 aliphatic carbocycles. The average Bonchev–Trinajstić information content (AvgIpc) is 2.94. The van der Waals surface area contributed by atoms with Crippen LogP contribution in [0.1, 0.15) is 30.4 Å². The first-order chi connectivity index (χ1) is 19.4. The predicted octanol–water partition coefficient (Wildman–Crippen LogP) is 4.57. The monoisotopic (exact) mass is 552 g/mol. The van der Waals surface area contributed by atoms with Crippen LogP contribution < -0.4 is 10.1 Å². The van der Waals surface area contributed by atoms with Gasteiger partial charge < -0.3 is 24.6 Å². The Morgan fingerprint density at radius 3 is 2.58 bits per heavy atom. The van der Waals surface area contributed by atoms with Crippen molar-refractivity contribution in [2.24, 2.45) is 0 Å². The van der Waals surface area contributed by atoms with Crippen LogP contribution >= 0.6 is 0 Å². The van der Waals surface area contributed by atoms with Crippen LogP contribution in [0.25, 0.3) is 0 Å². The number of aliphatic hydroxyl groups excluding tert-OH is 1. The number of hydrogen-bond donors (Lipinski definition) is 2. The molecule has 4 atom stereocenters. The van der Waals surface area contributed by atoms with Crippen LogP contribution in [-0.2, 0) is 27.4 Å². The third-order valence-corrected chi connectivity index (χ3v) is 7.27. The number of nitrogens with zero attached hydrogens (tertiary/aromatic N) is 1. The number of para-hydroxylation sites is 1. The second-order valence-electron chi connectivity index (χ2n) is 10.3. The summed E-state index contributed by atoms with van der Waals surface area (Å²) in [5.41, 5.74) is 1.18. The van der Waals surface area contributed by atoms with E-state index in [2.05, 4.69) is 5.32 Å². The van der Waals surface area contributed by atoms with E-state index in [9.17, 15) is 18.7 Å². The van der Waals surface area contributed by atoms with Crippen molar-refractivity contribution in [3.8, 4) is 11.5 Å². The highest BCUT2D eigenvalue weighted by Crippen LogP contribution is 2.29. The van der Waals surface area contributed by atoms with Gasteiger partial charge in [-0.3, -0.25) is 9.69 Å². The standard InChI is InChI=1S/C31H34F2N2O5/c32-23-8-12-28(33)22(14-23)17-35-18-24(36)19-38-20-30-29(35)13-11-27(40-30)15-31(37)34-16-21-6-9-26(10-7-21)39-25-4-2-1-3-5-25/h1-10,12,14,24,27,29-30,36H,11,13,15-20H2,(H,34,37)/t24-,27-,29-,30+/m0/s1. The van der Waals surface area contributed by atoms with Gasteiger partial charge in [-0.15, -0.1) is 0 Å². The molecule has 9 heteroatoms. The van der Waals surface area contributed by atoms with Crippen molar-refractivity contribution in [2.75, 3.05) is 19.8 Å². The van der Waals surface area contributed by atoms with Gasteiger partial charge in [-0.05, 0) is 60.9 Å². The van der Waals surface area contributed by atoms with Crippen molar-refractivity contribution in [1.29, 1.82) is 0 Å². The summed E-state index contributed by atoms with van der Waals surface area (Å²) < 4.78 is 45.9. The number of β-amino-alcohol motifs (C(OH)–C–C–N with tert-alkyl or cyclic N) is 1. The Kier molecular flexibility index (Phi) is 9.38. The van der Waals surface area contributed by atoms with Crippen LogP contribution in [0.2, 0.25) is 0 Å². The van der Waals surface area contributed by atoms with E-state index in [0.29, 0.717) is 19.4 Å². The van der Waals surface area contributed by atoms with Crippen LogP contribution in [0.5, 0.6) is 11.5 Å². The number of nitrogens with one attached hydrogen (secondary N) is 1. The number of ether oxygens (including phenoxy) is 3. The van der Waals surface area contributed by atoms with E-state index in [1.165, 1.54) is 6.07 Å². The molecule has 40 heavy (non-hydrogen) atoms. The quantitative estimate of drug-likeness (QED) is 0.426. The number of rotatable bonds is 8. The number of carbonyl (C=O) groups is 1. The molecule has 0 spiro atoms. The first-order valence-corrected chi connectivity index (χ1v) is 13.6. The van der Waals surface area contributed by atoms with Crippen molar-refractivity contribution >= 4 is 5.91 Å². The zero-order chi connectivity index (χ0) is 27.9. The number of hydrogen-bond acceptors (Lipinski definition) is 6. The van der Waals surface area contributed by atoms with Crippen molar-refractivity contribution < 1.29 is 32.9 Å². The Labute approximate surface area is 232 Å². The van der Waals surface area contributed by atoms with E-state index in [-0.39, 0.29) is 62.4 Å². The lowest BCUT2D eigenvalue weighted by atomic mass is 9.94. The molecule has 0 unspecified atom stereocenters. The van der Waals surface area contributed by atoms with E-state index in [1.807, 2.05) is 59.5 Å². The molecule has 0 aromatic heterocycles. The largest absolute Gasteiger partial charge is 0.457 e. The SMILES string of the molecule is O=C(C[C@@H]1CC[C@H]2[C@@H](COC[C@@H](O)CN2Cc2cc(F)ccc2F)O1)NCc1ccc(Oc2ccccc2)cc1. The van der Waals surface area contributed by atoms with Crippen molar-refractivity contribution in [2.45, 2.75) is 56.7 Å². The normalized spacial score (nSPS) is 23.5. The van der Waals surface area contributed by atoms with Crippen LogP contribution in [0.15, 0.2) is 72.8 Å². The number of halogens is 2. The van der Waals surface area contributed by atoms with Gasteiger partial charge in [0.15, 0.2) is 0 Å². The summed E-state index contributed by atoms with van der Waals surface area (Å²) in [6.45, 7) is 1.15. The minimum Gasteiger partial charge on any atom is -0.457 e. The van der Waals surface area contributed by atoms with E-state index in [4.69, 9.17) is 14.2 Å². The van der Waals surface area contributed by atoms with Gasteiger partial charge in [-0.2, -0.15) is 0 Å². The molecule has 3 aromatic rings. The number of carbonyl (C=O) groups excluding carboxylic acids is 1. The van der Waals surface area contributed by atoms with E-state index >= 15 is 0 Å². The Hall–Kier alpha value is -3.37. The number of aliphatic hydroxyl groups is 1. The van der Waals surface area contributed by atoms with Crippen LogP contribution in [0.3, 0.4) is 0 Å². The molecule has 2 heterocycles. The molecule has 7 nitrogen and oxygen atoms in total. The predicted molar refractivity (Wildman–Crippen MR) is 145 cm³/mol. The molecule has 2 saturated heterocycles. The van der Waals surface area contributed by atoms with E-state index < -0.39 is 17.7 Å². The van der Waals surface area contributed by atoms with Crippen molar-refractivity contribution in [3.05, 3.63) is 95.6 Å². The van der Waals surface area contributed by atoms with Gasteiger partial charge >= 0.3 is 0 Å². The van der Waals surface area contributed by atoms with Gasteiger partial charge in [-0.25, -0.2) is 8.78 Å². The van der Waals surface area contributed by atoms with Gasteiger partial charge in [0.1, 0.15) is 23.1 Å². The first-order valence-electron chi connectivity index (χ1n) is 13.6. The summed E-state index contributed by atoms with van der Waals surface area (Å²) in [4.78, 5) is 14.7. The van der Waals surface area contributed by atoms with Gasteiger partial charge in [0, 0.05) is 31.2 Å². The van der Waals surface area contributed by atoms with Crippen molar-refractivity contribution in [1.82, 2.24) is 10.2 Å². The zero-order valence-electron chi connectivity index (χ0n) is 22.2. The lowest BCUT2D eigenvalue weighted by molar-refractivity contribution is -0.158. The molecule has 3 aromatic carbocycles. The molecule has 2 aliphatic rings. The highest BCUT2D eigenvalue weighted by Gasteiger charge is 2.38. The summed E-state index contributed by atoms with van der Waals surface area (Å²) in [5, 5.41) is 13.3. The number of fused-ring (bicyclic) bond motifs is 1. The Balaban J connectivity index is 1.13. The molecule has 1 amide bonds. The van der Waals surface area contributed by atoms with E-state index in [0.717, 1.165) is 29.2 Å². The fourth-order valence-electron chi connectivity index (χ4n) is 5.29. The molecule has 212 valence electrons. The topological polar surface area (TPSA) is 80.3 Å². The number of benzene rings is 3. The highest BCUT2D eigenvalue weighted by molar-refractivity contribution is 5.76. The number of amides is 1. The Morgan fingerprint density at radius 2 is 1.77 bits per heavy atom. The summed E-state index contributed by atoms with van der Waals surface area (Å²) >= 11 is 0. The van der Waals surface area contributed by atoms with Crippen LogP contribution in [0.4, 0.5) is 8.78 Å². The Bertz CT molecular complexity index is 1260. The van der Waals surface area contributed by atoms with Crippen molar-refractivity contribution in [3.63, 3.8) is 0 Å². The van der Waals surface area contributed by atoms with Crippen LogP contribution in [-0.4, -0.2) is 60.0 Å². The molecule has 2 N–H and O–H groups in total. The van der Waals surface area contributed by atoms with Gasteiger partial charge in [0.25, 0.3) is 0 Å². The van der Waals surface area contributed by atoms with E-state index in [1.54, 1.807) is 0 Å². The molecule has 2 aliphatic heterocycles. The zero-order valence-corrected chi connectivity index (χ0v) is 22.2. The minimum absolute atomic E-state index is 0.117. The molecular formula is C31H34F2N2O5. The summed E-state index contributed by atoms with van der Waals surface area (Å²) in [7, 11) is 0. The maximum absolute atomic E-state index is 14.4. The highest BCUT2D eigenvalue weighted by atomic mass is 19.1.